The van der Waals surface area contributed by atoms with E-state index in [2.05, 4.69) is 36.7 Å². The second kappa shape index (κ2) is 8.76. The minimum Gasteiger partial charge on any atom is -0.0853 e. The molecule has 0 saturated carbocycles. The molecule has 0 aromatic carbocycles. The van der Waals surface area contributed by atoms with Gasteiger partial charge in [-0.3, -0.25) is 0 Å². The molecule has 0 spiro atoms. The Balaban J connectivity index is 3.89. The van der Waals surface area contributed by atoms with Crippen molar-refractivity contribution in [2.75, 3.05) is 0 Å². The van der Waals surface area contributed by atoms with Crippen molar-refractivity contribution in [3.8, 4) is 0 Å². The van der Waals surface area contributed by atoms with E-state index < -0.39 is 0 Å². The molecule has 0 N–H and O–H groups in total. The third-order valence-electron chi connectivity index (χ3n) is 2.94. The Morgan fingerprint density at radius 3 is 1.21 bits per heavy atom. The van der Waals surface area contributed by atoms with E-state index in [4.69, 9.17) is 0 Å². The van der Waals surface area contributed by atoms with Gasteiger partial charge < -0.3 is 0 Å². The molecule has 0 unspecified atom stereocenters. The molecular weight excluding hydrogens is 236 g/mol. The second-order valence-corrected chi connectivity index (χ2v) is 6.14. The molecule has 0 heterocycles. The minimum atomic E-state index is 0.467. The highest BCUT2D eigenvalue weighted by atomic mass is 79.9. The first-order chi connectivity index (χ1) is 6.68. The van der Waals surface area contributed by atoms with Gasteiger partial charge in [-0.1, -0.05) is 75.2 Å². The van der Waals surface area contributed by atoms with Gasteiger partial charge in [0, 0.05) is 4.32 Å². The molecule has 0 fully saturated rings. The molecule has 0 radical (unpaired) electrons. The smallest absolute Gasteiger partial charge is 0.0258 e. The van der Waals surface area contributed by atoms with Crippen LogP contribution in [0.4, 0.5) is 0 Å². The predicted octanol–water partition coefficient (Wildman–Crippen LogP) is 5.69. The van der Waals surface area contributed by atoms with Crippen molar-refractivity contribution in [1.82, 2.24) is 0 Å². The van der Waals surface area contributed by atoms with Gasteiger partial charge in [0.1, 0.15) is 0 Å². The molecule has 0 aromatic heterocycles. The van der Waals surface area contributed by atoms with Gasteiger partial charge in [0.2, 0.25) is 0 Å². The van der Waals surface area contributed by atoms with Crippen LogP contribution in [0.15, 0.2) is 0 Å². The molecule has 0 amide bonds. The number of hydrogen-bond acceptors (Lipinski definition) is 0. The van der Waals surface area contributed by atoms with Crippen molar-refractivity contribution in [1.29, 1.82) is 0 Å². The first-order valence-corrected chi connectivity index (χ1v) is 7.16. The summed E-state index contributed by atoms with van der Waals surface area (Å²) in [7, 11) is 0. The molecule has 1 heteroatoms. The standard InChI is InChI=1S/C13H27Br/c1-4-7-10-13(14,11-8-5-2)12-9-6-3/h4-12H2,1-3H3. The highest BCUT2D eigenvalue weighted by Crippen LogP contribution is 2.35. The van der Waals surface area contributed by atoms with Crippen LogP contribution in [0.25, 0.3) is 0 Å². The normalized spacial score (nSPS) is 12.0. The second-order valence-electron chi connectivity index (χ2n) is 4.46. The maximum atomic E-state index is 3.99. The van der Waals surface area contributed by atoms with Crippen LogP contribution in [0.2, 0.25) is 0 Å². The number of rotatable bonds is 9. The van der Waals surface area contributed by atoms with Crippen molar-refractivity contribution in [3.63, 3.8) is 0 Å². The lowest BCUT2D eigenvalue weighted by Gasteiger charge is -2.27. The van der Waals surface area contributed by atoms with E-state index in [1.165, 1.54) is 57.8 Å². The first kappa shape index (κ1) is 14.5. The summed E-state index contributed by atoms with van der Waals surface area (Å²) in [5.74, 6) is 0. The lowest BCUT2D eigenvalue weighted by molar-refractivity contribution is 0.434. The lowest BCUT2D eigenvalue weighted by atomic mass is 9.91. The highest BCUT2D eigenvalue weighted by Gasteiger charge is 2.24. The maximum absolute atomic E-state index is 3.99. The van der Waals surface area contributed by atoms with Crippen molar-refractivity contribution < 1.29 is 0 Å². The highest BCUT2D eigenvalue weighted by molar-refractivity contribution is 9.10. The third-order valence-corrected chi connectivity index (χ3v) is 4.12. The Bertz CT molecular complexity index is 98.6. The fourth-order valence-corrected chi connectivity index (χ4v) is 2.70. The van der Waals surface area contributed by atoms with Gasteiger partial charge >= 0.3 is 0 Å². The summed E-state index contributed by atoms with van der Waals surface area (Å²) in [6, 6.07) is 0. The van der Waals surface area contributed by atoms with Gasteiger partial charge in [-0.15, -0.1) is 0 Å². The maximum Gasteiger partial charge on any atom is 0.0258 e. The van der Waals surface area contributed by atoms with E-state index in [0.717, 1.165) is 0 Å². The molecule has 0 aromatic rings. The van der Waals surface area contributed by atoms with Crippen LogP contribution in [-0.2, 0) is 0 Å². The van der Waals surface area contributed by atoms with Crippen LogP contribution in [0, 0.1) is 0 Å². The van der Waals surface area contributed by atoms with Crippen LogP contribution >= 0.6 is 15.9 Å². The summed E-state index contributed by atoms with van der Waals surface area (Å²) in [6.45, 7) is 6.85. The van der Waals surface area contributed by atoms with Gasteiger partial charge in [-0.25, -0.2) is 0 Å². The minimum absolute atomic E-state index is 0.467. The Morgan fingerprint density at radius 1 is 0.714 bits per heavy atom. The molecule has 0 bridgehead atoms. The predicted molar refractivity (Wildman–Crippen MR) is 70.2 cm³/mol. The van der Waals surface area contributed by atoms with E-state index in [9.17, 15) is 0 Å². The van der Waals surface area contributed by atoms with Gasteiger partial charge in [-0.2, -0.15) is 0 Å². The SMILES string of the molecule is CCCCC(Br)(CCCC)CCCC. The average Bonchev–Trinajstić information content (AvgIpc) is 2.21. The van der Waals surface area contributed by atoms with Crippen LogP contribution in [0.5, 0.6) is 0 Å². The van der Waals surface area contributed by atoms with Crippen LogP contribution in [0.3, 0.4) is 0 Å². The first-order valence-electron chi connectivity index (χ1n) is 6.37. The molecule has 0 atom stereocenters. The Morgan fingerprint density at radius 2 is 1.00 bits per heavy atom. The van der Waals surface area contributed by atoms with Crippen LogP contribution in [-0.4, -0.2) is 4.32 Å². The van der Waals surface area contributed by atoms with Crippen molar-refractivity contribution in [2.45, 2.75) is 82.9 Å². The van der Waals surface area contributed by atoms with Crippen LogP contribution in [0.1, 0.15) is 78.6 Å². The zero-order valence-electron chi connectivity index (χ0n) is 10.2. The summed E-state index contributed by atoms with van der Waals surface area (Å²) in [5, 5.41) is 0. The van der Waals surface area contributed by atoms with E-state index in [-0.39, 0.29) is 0 Å². The van der Waals surface area contributed by atoms with Gasteiger partial charge in [-0.05, 0) is 19.3 Å². The van der Waals surface area contributed by atoms with Crippen molar-refractivity contribution in [3.05, 3.63) is 0 Å². The summed E-state index contributed by atoms with van der Waals surface area (Å²) in [5.41, 5.74) is 0. The summed E-state index contributed by atoms with van der Waals surface area (Å²) in [6.07, 6.45) is 12.2. The number of alkyl halides is 1. The topological polar surface area (TPSA) is 0 Å². The molecule has 0 aliphatic carbocycles. The zero-order valence-corrected chi connectivity index (χ0v) is 11.8. The fourth-order valence-electron chi connectivity index (χ4n) is 1.86. The monoisotopic (exact) mass is 262 g/mol. The average molecular weight is 263 g/mol. The lowest BCUT2D eigenvalue weighted by Crippen LogP contribution is -2.20. The van der Waals surface area contributed by atoms with Gasteiger partial charge in [0.05, 0.1) is 0 Å². The van der Waals surface area contributed by atoms with E-state index >= 15 is 0 Å². The number of unbranched alkanes of at least 4 members (excludes halogenated alkanes) is 3. The molecule has 0 rings (SSSR count). The molecular formula is C13H27Br. The van der Waals surface area contributed by atoms with E-state index in [1.807, 2.05) is 0 Å². The summed E-state index contributed by atoms with van der Waals surface area (Å²) < 4.78 is 0.467. The molecule has 0 saturated heterocycles. The van der Waals surface area contributed by atoms with Gasteiger partial charge in [0.15, 0.2) is 0 Å². The summed E-state index contributed by atoms with van der Waals surface area (Å²) in [4.78, 5) is 0. The van der Waals surface area contributed by atoms with Crippen molar-refractivity contribution >= 4 is 15.9 Å². The molecule has 0 nitrogen and oxygen atoms in total. The number of halogens is 1. The Hall–Kier alpha value is 0.480. The third kappa shape index (κ3) is 6.86. The van der Waals surface area contributed by atoms with E-state index in [0.29, 0.717) is 4.32 Å². The van der Waals surface area contributed by atoms with Gasteiger partial charge in [0.25, 0.3) is 0 Å². The fraction of sp³-hybridized carbons (Fsp3) is 1.00. The molecule has 14 heavy (non-hydrogen) atoms. The molecule has 86 valence electrons. The largest absolute Gasteiger partial charge is 0.0853 e. The molecule has 0 aliphatic heterocycles. The molecule has 0 aliphatic rings. The summed E-state index contributed by atoms with van der Waals surface area (Å²) >= 11 is 3.99. The Labute approximate surface area is 99.0 Å². The number of hydrogen-bond donors (Lipinski definition) is 0. The van der Waals surface area contributed by atoms with Crippen LogP contribution < -0.4 is 0 Å². The van der Waals surface area contributed by atoms with Crippen molar-refractivity contribution in [2.24, 2.45) is 0 Å². The Kier molecular flexibility index (Phi) is 9.06. The van der Waals surface area contributed by atoms with E-state index in [1.54, 1.807) is 0 Å². The zero-order chi connectivity index (χ0) is 10.9. The quantitative estimate of drug-likeness (QED) is 0.469.